The maximum absolute atomic E-state index is 11.1. The van der Waals surface area contributed by atoms with Gasteiger partial charge in [-0.15, -0.1) is 0 Å². The van der Waals surface area contributed by atoms with Crippen LogP contribution >= 0.6 is 8.38 Å². The Hall–Kier alpha value is -1.31. The van der Waals surface area contributed by atoms with E-state index in [1.807, 2.05) is 13.8 Å². The lowest BCUT2D eigenvalue weighted by Gasteiger charge is -2.14. The molecule has 0 radical (unpaired) electrons. The maximum atomic E-state index is 11.1. The second-order valence-electron chi connectivity index (χ2n) is 4.80. The van der Waals surface area contributed by atoms with E-state index >= 15 is 0 Å². The first-order chi connectivity index (χ1) is 11.7. The number of rotatable bonds is 9. The molecular weight excluding hydrogens is 331 g/mol. The highest BCUT2D eigenvalue weighted by Gasteiger charge is 2.07. The van der Waals surface area contributed by atoms with E-state index in [0.29, 0.717) is 30.8 Å². The average Bonchev–Trinajstić information content (AvgIpc) is 3.01. The fourth-order valence-electron chi connectivity index (χ4n) is 1.97. The summed E-state index contributed by atoms with van der Waals surface area (Å²) in [6.07, 6.45) is 5.85. The smallest absolute Gasteiger partial charge is 0.275 e. The van der Waals surface area contributed by atoms with Gasteiger partial charge >= 0.3 is 0 Å². The van der Waals surface area contributed by atoms with E-state index in [0.717, 1.165) is 24.6 Å². The first-order valence-corrected chi connectivity index (χ1v) is 9.42. The summed E-state index contributed by atoms with van der Waals surface area (Å²) >= 11 is 0. The molecule has 0 spiro atoms. The molecule has 0 bridgehead atoms. The van der Waals surface area contributed by atoms with Crippen molar-refractivity contribution in [2.24, 2.45) is 5.73 Å². The zero-order valence-electron chi connectivity index (χ0n) is 14.2. The Kier molecular flexibility index (Phi) is 10.5. The van der Waals surface area contributed by atoms with Crippen molar-refractivity contribution in [1.29, 1.82) is 0 Å². The van der Waals surface area contributed by atoms with Gasteiger partial charge in [0.25, 0.3) is 5.56 Å². The predicted molar refractivity (Wildman–Crippen MR) is 96.0 cm³/mol. The van der Waals surface area contributed by atoms with Gasteiger partial charge in [-0.2, -0.15) is 0 Å². The van der Waals surface area contributed by atoms with Crippen LogP contribution in [0.3, 0.4) is 0 Å². The lowest BCUT2D eigenvalue weighted by Crippen LogP contribution is -2.06. The van der Waals surface area contributed by atoms with Crippen molar-refractivity contribution in [1.82, 2.24) is 15.0 Å². The Morgan fingerprint density at radius 3 is 2.54 bits per heavy atom. The van der Waals surface area contributed by atoms with E-state index in [-0.39, 0.29) is 12.2 Å². The zero-order chi connectivity index (χ0) is 17.8. The molecule has 136 valence electrons. The van der Waals surface area contributed by atoms with Gasteiger partial charge in [0.1, 0.15) is 5.52 Å². The third-order valence-electron chi connectivity index (χ3n) is 3.06. The molecule has 2 aromatic heterocycles. The van der Waals surface area contributed by atoms with Gasteiger partial charge in [-0.1, -0.05) is 0 Å². The highest BCUT2D eigenvalue weighted by Crippen LogP contribution is 2.38. The summed E-state index contributed by atoms with van der Waals surface area (Å²) in [6.45, 7) is 6.02. The third kappa shape index (κ3) is 6.67. The minimum absolute atomic E-state index is 0.167. The SMILES string of the molecule is CCOP(CCCCO)OCC.NCc1c[nH]c2c(=O)[nH]cnc12. The molecule has 0 saturated heterocycles. The Morgan fingerprint density at radius 1 is 1.25 bits per heavy atom. The number of fused-ring (bicyclic) bond motifs is 1. The normalized spacial score (nSPS) is 10.9. The Bertz CT molecular complexity index is 625. The summed E-state index contributed by atoms with van der Waals surface area (Å²) in [5.74, 6) is 0. The van der Waals surface area contributed by atoms with Crippen LogP contribution in [-0.4, -0.2) is 46.0 Å². The van der Waals surface area contributed by atoms with Crippen molar-refractivity contribution >= 4 is 19.4 Å². The molecule has 9 heteroatoms. The number of H-pyrrole nitrogens is 2. The third-order valence-corrected chi connectivity index (χ3v) is 4.84. The molecule has 0 saturated carbocycles. The molecule has 24 heavy (non-hydrogen) atoms. The number of aromatic amines is 2. The summed E-state index contributed by atoms with van der Waals surface area (Å²) in [4.78, 5) is 20.4. The number of aliphatic hydroxyl groups excluding tert-OH is 1. The van der Waals surface area contributed by atoms with E-state index < -0.39 is 8.38 Å². The first kappa shape index (κ1) is 20.7. The second kappa shape index (κ2) is 12.1. The largest absolute Gasteiger partial charge is 0.396 e. The Balaban J connectivity index is 0.000000240. The molecule has 5 N–H and O–H groups in total. The van der Waals surface area contributed by atoms with Crippen LogP contribution in [0.15, 0.2) is 17.3 Å². The van der Waals surface area contributed by atoms with Crippen LogP contribution < -0.4 is 11.3 Å². The fourth-order valence-corrected chi connectivity index (χ4v) is 3.36. The van der Waals surface area contributed by atoms with Crippen LogP contribution in [0.25, 0.3) is 11.0 Å². The number of aliphatic hydroxyl groups is 1. The average molecular weight is 358 g/mol. The van der Waals surface area contributed by atoms with Crippen molar-refractivity contribution in [2.75, 3.05) is 26.0 Å². The van der Waals surface area contributed by atoms with Gasteiger partial charge < -0.3 is 29.9 Å². The van der Waals surface area contributed by atoms with Crippen LogP contribution in [0, 0.1) is 0 Å². The second-order valence-corrected chi connectivity index (χ2v) is 6.42. The molecule has 2 aromatic rings. The molecule has 0 aliphatic heterocycles. The summed E-state index contributed by atoms with van der Waals surface area (Å²) in [6, 6.07) is 0. The van der Waals surface area contributed by atoms with Gasteiger partial charge in [0.2, 0.25) is 0 Å². The van der Waals surface area contributed by atoms with Crippen LogP contribution in [0.2, 0.25) is 0 Å². The summed E-state index contributed by atoms with van der Waals surface area (Å²) in [5.41, 5.74) is 7.27. The van der Waals surface area contributed by atoms with Gasteiger partial charge in [-0.25, -0.2) is 4.98 Å². The molecule has 0 aliphatic carbocycles. The van der Waals surface area contributed by atoms with Crippen molar-refractivity contribution in [3.63, 3.8) is 0 Å². The van der Waals surface area contributed by atoms with E-state index in [1.54, 1.807) is 6.20 Å². The maximum Gasteiger partial charge on any atom is 0.275 e. The van der Waals surface area contributed by atoms with E-state index in [9.17, 15) is 4.79 Å². The Morgan fingerprint density at radius 2 is 1.96 bits per heavy atom. The minimum atomic E-state index is -0.684. The lowest BCUT2D eigenvalue weighted by atomic mass is 10.3. The number of unbranched alkanes of at least 4 members (excludes halogenated alkanes) is 1. The van der Waals surface area contributed by atoms with Crippen molar-refractivity contribution < 1.29 is 14.2 Å². The molecule has 8 nitrogen and oxygen atoms in total. The van der Waals surface area contributed by atoms with Gasteiger partial charge in [0.05, 0.1) is 25.1 Å². The van der Waals surface area contributed by atoms with E-state index in [2.05, 4.69) is 15.0 Å². The first-order valence-electron chi connectivity index (χ1n) is 8.05. The number of nitrogens with one attached hydrogen (secondary N) is 2. The summed E-state index contributed by atoms with van der Waals surface area (Å²) in [5, 5.41) is 8.56. The van der Waals surface area contributed by atoms with Crippen LogP contribution in [0.5, 0.6) is 0 Å². The molecule has 0 unspecified atom stereocenters. The molecule has 0 aromatic carbocycles. The summed E-state index contributed by atoms with van der Waals surface area (Å²) < 4.78 is 10.8. The predicted octanol–water partition coefficient (Wildman–Crippen LogP) is 1.85. The number of aromatic nitrogens is 3. The molecule has 0 aliphatic rings. The highest BCUT2D eigenvalue weighted by atomic mass is 31.2. The van der Waals surface area contributed by atoms with Crippen molar-refractivity contribution in [3.05, 3.63) is 28.4 Å². The monoisotopic (exact) mass is 358 g/mol. The topological polar surface area (TPSA) is 126 Å². The number of nitrogens with zero attached hydrogens (tertiary/aromatic N) is 1. The molecular formula is C15H27N4O4P. The van der Waals surface area contributed by atoms with Gasteiger partial charge in [-0.05, 0) is 26.7 Å². The quantitative estimate of drug-likeness (QED) is 0.400. The van der Waals surface area contributed by atoms with Crippen molar-refractivity contribution in [3.8, 4) is 0 Å². The highest BCUT2D eigenvalue weighted by molar-refractivity contribution is 7.47. The van der Waals surface area contributed by atoms with E-state index in [4.69, 9.17) is 19.9 Å². The summed E-state index contributed by atoms with van der Waals surface area (Å²) in [7, 11) is -0.684. The van der Waals surface area contributed by atoms with Gasteiger partial charge in [-0.3, -0.25) is 4.79 Å². The number of hydrogen-bond donors (Lipinski definition) is 4. The van der Waals surface area contributed by atoms with Crippen LogP contribution in [-0.2, 0) is 15.6 Å². The van der Waals surface area contributed by atoms with Gasteiger partial charge in [0, 0.05) is 31.1 Å². The van der Waals surface area contributed by atoms with E-state index in [1.165, 1.54) is 6.33 Å². The van der Waals surface area contributed by atoms with Crippen LogP contribution in [0.4, 0.5) is 0 Å². The van der Waals surface area contributed by atoms with Crippen LogP contribution in [0.1, 0.15) is 32.3 Å². The number of hydrogen-bond acceptors (Lipinski definition) is 6. The molecule has 0 fully saturated rings. The zero-order valence-corrected chi connectivity index (χ0v) is 15.1. The van der Waals surface area contributed by atoms with Gasteiger partial charge in [0.15, 0.2) is 8.38 Å². The molecule has 2 rings (SSSR count). The minimum Gasteiger partial charge on any atom is -0.396 e. The number of nitrogens with two attached hydrogens (primary N) is 1. The van der Waals surface area contributed by atoms with Crippen molar-refractivity contribution in [2.45, 2.75) is 33.2 Å². The lowest BCUT2D eigenvalue weighted by molar-refractivity contribution is 0.264. The standard InChI is InChI=1S/C8H19O3P.C7H8N4O/c1-3-10-12(11-4-2)8-6-5-7-9;8-1-4-2-9-6-5(4)10-3-11-7(6)12/h9H,3-8H2,1-2H3;2-3,9H,1,8H2,(H,10,11,12). The molecule has 0 amide bonds. The molecule has 2 heterocycles. The Labute approximate surface area is 142 Å². The fraction of sp³-hybridized carbons (Fsp3) is 0.600. The molecule has 0 atom stereocenters.